The number of para-hydroxylation sites is 1. The fraction of sp³-hybridized carbons (Fsp3) is 0.273. The number of nitrogens with zero attached hydrogens (tertiary/aromatic N) is 5. The molecule has 0 bridgehead atoms. The third-order valence-electron chi connectivity index (χ3n) is 4.92. The van der Waals surface area contributed by atoms with Gasteiger partial charge in [-0.05, 0) is 44.9 Å². The Hall–Kier alpha value is -3.48. The number of hydrogen-bond acceptors (Lipinski definition) is 5. The van der Waals surface area contributed by atoms with Crippen LogP contribution in [0.25, 0.3) is 11.3 Å². The molecule has 148 valence electrons. The molecule has 4 rings (SSSR count). The Morgan fingerprint density at radius 3 is 2.72 bits per heavy atom. The second-order valence-electron chi connectivity index (χ2n) is 7.11. The molecule has 7 heteroatoms. The lowest BCUT2D eigenvalue weighted by Gasteiger charge is -2.10. The van der Waals surface area contributed by atoms with Gasteiger partial charge in [-0.2, -0.15) is 10.2 Å². The zero-order chi connectivity index (χ0) is 20.4. The molecule has 0 atom stereocenters. The van der Waals surface area contributed by atoms with Gasteiger partial charge in [0.2, 0.25) is 0 Å². The number of benzene rings is 1. The summed E-state index contributed by atoms with van der Waals surface area (Å²) in [6.45, 7) is 6.13. The van der Waals surface area contributed by atoms with Crippen molar-refractivity contribution >= 4 is 11.6 Å². The van der Waals surface area contributed by atoms with Crippen LogP contribution in [0.4, 0.5) is 0 Å². The Balaban J connectivity index is 1.36. The summed E-state index contributed by atoms with van der Waals surface area (Å²) in [7, 11) is 0. The number of ether oxygens (including phenoxy) is 1. The van der Waals surface area contributed by atoms with E-state index in [1.54, 1.807) is 10.9 Å². The van der Waals surface area contributed by atoms with Crippen molar-refractivity contribution in [3.63, 3.8) is 0 Å². The number of esters is 1. The van der Waals surface area contributed by atoms with Gasteiger partial charge in [0.1, 0.15) is 6.61 Å². The van der Waals surface area contributed by atoms with Gasteiger partial charge < -0.3 is 4.74 Å². The van der Waals surface area contributed by atoms with Gasteiger partial charge in [-0.1, -0.05) is 18.2 Å². The zero-order valence-corrected chi connectivity index (χ0v) is 16.8. The van der Waals surface area contributed by atoms with E-state index in [9.17, 15) is 4.79 Å². The Labute approximate surface area is 169 Å². The molecule has 29 heavy (non-hydrogen) atoms. The first kappa shape index (κ1) is 18.9. The van der Waals surface area contributed by atoms with Crippen molar-refractivity contribution in [3.8, 4) is 5.69 Å². The van der Waals surface area contributed by atoms with Crippen LogP contribution in [0.3, 0.4) is 0 Å². The lowest BCUT2D eigenvalue weighted by molar-refractivity contribution is -0.144. The minimum absolute atomic E-state index is 0.208. The molecule has 3 aromatic heterocycles. The first-order valence-corrected chi connectivity index (χ1v) is 9.58. The third-order valence-corrected chi connectivity index (χ3v) is 4.92. The molecule has 0 N–H and O–H groups in total. The van der Waals surface area contributed by atoms with Crippen molar-refractivity contribution in [1.82, 2.24) is 24.4 Å². The fourth-order valence-corrected chi connectivity index (χ4v) is 3.42. The average molecular weight is 389 g/mol. The number of aryl methyl sites for hydroxylation is 3. The maximum absolute atomic E-state index is 12.3. The molecule has 0 saturated heterocycles. The van der Waals surface area contributed by atoms with E-state index in [2.05, 4.69) is 15.2 Å². The van der Waals surface area contributed by atoms with Gasteiger partial charge in [-0.3, -0.25) is 4.79 Å². The third kappa shape index (κ3) is 4.03. The minimum atomic E-state index is -0.243. The van der Waals surface area contributed by atoms with E-state index in [0.717, 1.165) is 39.5 Å². The Bertz CT molecular complexity index is 1160. The monoisotopic (exact) mass is 389 g/mol. The summed E-state index contributed by atoms with van der Waals surface area (Å²) in [6.07, 6.45) is 4.45. The van der Waals surface area contributed by atoms with Crippen molar-refractivity contribution < 1.29 is 9.53 Å². The summed E-state index contributed by atoms with van der Waals surface area (Å²) in [5.74, 6) is -0.243. The number of carbonyl (C=O) groups excluding carboxylic acids is 1. The summed E-state index contributed by atoms with van der Waals surface area (Å²) < 4.78 is 9.04. The van der Waals surface area contributed by atoms with Crippen LogP contribution >= 0.6 is 0 Å². The molecule has 0 unspecified atom stereocenters. The van der Waals surface area contributed by atoms with Crippen LogP contribution in [-0.4, -0.2) is 30.3 Å². The Kier molecular flexibility index (Phi) is 5.12. The molecule has 0 aliphatic carbocycles. The first-order valence-electron chi connectivity index (χ1n) is 9.58. The number of hydrogen-bond donors (Lipinski definition) is 0. The Morgan fingerprint density at radius 2 is 1.93 bits per heavy atom. The van der Waals surface area contributed by atoms with Crippen LogP contribution < -0.4 is 0 Å². The number of fused-ring (bicyclic) bond motifs is 1. The largest absolute Gasteiger partial charge is 0.461 e. The van der Waals surface area contributed by atoms with Crippen molar-refractivity contribution in [2.75, 3.05) is 0 Å². The standard InChI is InChI=1S/C22H23N5O2/c1-15-11-21-24-16(2)20(17(3)27(21)25-15)9-10-22(28)29-14-18-12-23-26(13-18)19-7-5-4-6-8-19/h4-8,11-13H,9-10,14H2,1-3H3. The topological polar surface area (TPSA) is 74.3 Å². The molecule has 0 amide bonds. The number of rotatable bonds is 6. The van der Waals surface area contributed by atoms with Crippen LogP contribution in [0.5, 0.6) is 0 Å². The lowest BCUT2D eigenvalue weighted by Crippen LogP contribution is -2.10. The molecule has 0 fully saturated rings. The van der Waals surface area contributed by atoms with Crippen molar-refractivity contribution in [2.24, 2.45) is 0 Å². The van der Waals surface area contributed by atoms with Crippen molar-refractivity contribution in [1.29, 1.82) is 0 Å². The van der Waals surface area contributed by atoms with Crippen LogP contribution in [0.1, 0.15) is 34.6 Å². The molecule has 0 aliphatic rings. The molecular weight excluding hydrogens is 366 g/mol. The van der Waals surface area contributed by atoms with Gasteiger partial charge >= 0.3 is 5.97 Å². The number of carbonyl (C=O) groups is 1. The van der Waals surface area contributed by atoms with E-state index in [-0.39, 0.29) is 12.6 Å². The molecule has 0 saturated carbocycles. The summed E-state index contributed by atoms with van der Waals surface area (Å²) in [4.78, 5) is 16.9. The average Bonchev–Trinajstić information content (AvgIpc) is 3.33. The molecule has 7 nitrogen and oxygen atoms in total. The Morgan fingerprint density at radius 1 is 1.14 bits per heavy atom. The van der Waals surface area contributed by atoms with Gasteiger partial charge in [-0.15, -0.1) is 0 Å². The molecule has 3 heterocycles. The van der Waals surface area contributed by atoms with E-state index >= 15 is 0 Å². The van der Waals surface area contributed by atoms with Gasteiger partial charge in [0.05, 0.1) is 17.6 Å². The SMILES string of the molecule is Cc1cc2nc(C)c(CCC(=O)OCc3cnn(-c4ccccc4)c3)c(C)n2n1. The predicted molar refractivity (Wildman–Crippen MR) is 109 cm³/mol. The van der Waals surface area contributed by atoms with Gasteiger partial charge in [0.25, 0.3) is 0 Å². The molecule has 0 spiro atoms. The van der Waals surface area contributed by atoms with Gasteiger partial charge in [0, 0.05) is 35.6 Å². The summed E-state index contributed by atoms with van der Waals surface area (Å²) in [5.41, 5.74) is 6.54. The first-order chi connectivity index (χ1) is 14.0. The highest BCUT2D eigenvalue weighted by Crippen LogP contribution is 2.17. The summed E-state index contributed by atoms with van der Waals surface area (Å²) in [5, 5.41) is 8.79. The van der Waals surface area contributed by atoms with Crippen LogP contribution in [0.15, 0.2) is 48.8 Å². The minimum Gasteiger partial charge on any atom is -0.461 e. The lowest BCUT2D eigenvalue weighted by atomic mass is 10.1. The maximum Gasteiger partial charge on any atom is 0.306 e. The summed E-state index contributed by atoms with van der Waals surface area (Å²) >= 11 is 0. The second kappa shape index (κ2) is 7.87. The highest BCUT2D eigenvalue weighted by Gasteiger charge is 2.13. The fourth-order valence-electron chi connectivity index (χ4n) is 3.42. The predicted octanol–water partition coefficient (Wildman–Crippen LogP) is 3.52. The molecule has 0 radical (unpaired) electrons. The highest BCUT2D eigenvalue weighted by atomic mass is 16.5. The van der Waals surface area contributed by atoms with E-state index in [0.29, 0.717) is 12.8 Å². The van der Waals surface area contributed by atoms with Crippen LogP contribution in [-0.2, 0) is 22.6 Å². The molecule has 4 aromatic rings. The van der Waals surface area contributed by atoms with E-state index < -0.39 is 0 Å². The van der Waals surface area contributed by atoms with Gasteiger partial charge in [0.15, 0.2) is 5.65 Å². The van der Waals surface area contributed by atoms with E-state index in [1.807, 2.05) is 67.9 Å². The molecule has 1 aromatic carbocycles. The second-order valence-corrected chi connectivity index (χ2v) is 7.11. The number of aromatic nitrogens is 5. The molecular formula is C22H23N5O2. The van der Waals surface area contributed by atoms with Crippen molar-refractivity contribution in [3.05, 3.63) is 77.0 Å². The molecule has 0 aliphatic heterocycles. The van der Waals surface area contributed by atoms with E-state index in [1.165, 1.54) is 0 Å². The zero-order valence-electron chi connectivity index (χ0n) is 16.8. The maximum atomic E-state index is 12.3. The highest BCUT2D eigenvalue weighted by molar-refractivity contribution is 5.69. The van der Waals surface area contributed by atoms with Crippen LogP contribution in [0.2, 0.25) is 0 Å². The van der Waals surface area contributed by atoms with Gasteiger partial charge in [-0.25, -0.2) is 14.2 Å². The quantitative estimate of drug-likeness (QED) is 0.472. The van der Waals surface area contributed by atoms with Crippen molar-refractivity contribution in [2.45, 2.75) is 40.2 Å². The van der Waals surface area contributed by atoms with Crippen LogP contribution in [0, 0.1) is 20.8 Å². The normalized spacial score (nSPS) is 11.1. The summed E-state index contributed by atoms with van der Waals surface area (Å²) in [6, 6.07) is 11.8. The smallest absolute Gasteiger partial charge is 0.306 e. The van der Waals surface area contributed by atoms with E-state index in [4.69, 9.17) is 4.74 Å².